The maximum atomic E-state index is 10.6. The van der Waals surface area contributed by atoms with Gasteiger partial charge in [-0.1, -0.05) is 32.4 Å². The van der Waals surface area contributed by atoms with Gasteiger partial charge in [0.25, 0.3) is 0 Å². The molecule has 0 saturated heterocycles. The highest BCUT2D eigenvalue weighted by molar-refractivity contribution is 5.27. The fraction of sp³-hybridized carbons (Fsp3) is 0.905. The van der Waals surface area contributed by atoms with Crippen molar-refractivity contribution in [2.45, 2.75) is 84.3 Å². The molecule has 0 aromatic rings. The van der Waals surface area contributed by atoms with Crippen molar-refractivity contribution < 1.29 is 10.2 Å². The fourth-order valence-corrected chi connectivity index (χ4v) is 7.17. The normalized spacial score (nSPS) is 55.6. The Hall–Kier alpha value is -0.340. The second-order valence-electron chi connectivity index (χ2n) is 9.51. The molecule has 0 radical (unpaired) electrons. The zero-order valence-electron chi connectivity index (χ0n) is 15.1. The van der Waals surface area contributed by atoms with Crippen LogP contribution in [-0.4, -0.2) is 22.4 Å². The summed E-state index contributed by atoms with van der Waals surface area (Å²) in [7, 11) is 0. The molecule has 0 heterocycles. The van der Waals surface area contributed by atoms with Gasteiger partial charge in [0.2, 0.25) is 0 Å². The van der Waals surface area contributed by atoms with Crippen LogP contribution in [0.25, 0.3) is 0 Å². The summed E-state index contributed by atoms with van der Waals surface area (Å²) in [4.78, 5) is 0. The molecule has 0 spiro atoms. The number of fused-ring (bicyclic) bond motifs is 5. The number of aliphatic hydroxyl groups excluding tert-OH is 2. The van der Waals surface area contributed by atoms with Crippen LogP contribution in [0, 0.1) is 34.5 Å². The first-order chi connectivity index (χ1) is 10.9. The first-order valence-corrected chi connectivity index (χ1v) is 9.97. The Labute approximate surface area is 141 Å². The predicted molar refractivity (Wildman–Crippen MR) is 92.9 cm³/mol. The summed E-state index contributed by atoms with van der Waals surface area (Å²) in [6.07, 6.45) is 11.3. The highest BCUT2D eigenvalue weighted by Gasteiger charge is 2.60. The molecule has 2 N–H and O–H groups in total. The molecule has 3 fully saturated rings. The molecule has 3 unspecified atom stereocenters. The maximum absolute atomic E-state index is 10.6. The van der Waals surface area contributed by atoms with Gasteiger partial charge in [-0.25, -0.2) is 0 Å². The fourth-order valence-electron chi connectivity index (χ4n) is 7.17. The minimum atomic E-state index is -0.120. The van der Waals surface area contributed by atoms with Crippen molar-refractivity contribution in [2.24, 2.45) is 34.5 Å². The van der Waals surface area contributed by atoms with Gasteiger partial charge in [0.1, 0.15) is 0 Å². The Morgan fingerprint density at radius 3 is 2.57 bits per heavy atom. The standard InChI is InChI=1S/C21H34O2/c1-4-13-11-14-12-15(22)7-9-20(14,2)17-8-10-21(3)16(19(13)17)5-6-18(21)23/h11,13,15-19,22-23H,4-10,12H2,1-3H3/t13?,15?,16-,17+,18?,19-,20-,21-/m0/s1. The molecule has 2 nitrogen and oxygen atoms in total. The van der Waals surface area contributed by atoms with Gasteiger partial charge in [-0.05, 0) is 85.9 Å². The van der Waals surface area contributed by atoms with Crippen molar-refractivity contribution in [1.82, 2.24) is 0 Å². The molecule has 4 rings (SSSR count). The Balaban J connectivity index is 1.75. The molecule has 4 aliphatic carbocycles. The monoisotopic (exact) mass is 318 g/mol. The van der Waals surface area contributed by atoms with E-state index in [9.17, 15) is 10.2 Å². The lowest BCUT2D eigenvalue weighted by molar-refractivity contribution is -0.0874. The lowest BCUT2D eigenvalue weighted by Gasteiger charge is -2.59. The molecule has 0 bridgehead atoms. The molecule has 23 heavy (non-hydrogen) atoms. The van der Waals surface area contributed by atoms with E-state index in [1.807, 2.05) is 0 Å². The lowest BCUT2D eigenvalue weighted by atomic mass is 9.45. The minimum absolute atomic E-state index is 0.0858. The first-order valence-electron chi connectivity index (χ1n) is 9.97. The van der Waals surface area contributed by atoms with E-state index in [0.29, 0.717) is 17.3 Å². The zero-order valence-corrected chi connectivity index (χ0v) is 15.1. The van der Waals surface area contributed by atoms with Crippen molar-refractivity contribution in [2.75, 3.05) is 0 Å². The van der Waals surface area contributed by atoms with E-state index in [0.717, 1.165) is 37.5 Å². The molecule has 0 aromatic carbocycles. The van der Waals surface area contributed by atoms with Gasteiger partial charge in [0.15, 0.2) is 0 Å². The number of allylic oxidation sites excluding steroid dienone is 1. The first kappa shape index (κ1) is 16.1. The lowest BCUT2D eigenvalue weighted by Crippen LogP contribution is -2.53. The van der Waals surface area contributed by atoms with Crippen LogP contribution in [0.3, 0.4) is 0 Å². The molecular formula is C21H34O2. The summed E-state index contributed by atoms with van der Waals surface area (Å²) in [5.74, 6) is 2.87. The highest BCUT2D eigenvalue weighted by atomic mass is 16.3. The highest BCUT2D eigenvalue weighted by Crippen LogP contribution is 2.66. The van der Waals surface area contributed by atoms with Crippen LogP contribution < -0.4 is 0 Å². The van der Waals surface area contributed by atoms with Gasteiger partial charge in [0, 0.05) is 0 Å². The van der Waals surface area contributed by atoms with Crippen molar-refractivity contribution in [3.63, 3.8) is 0 Å². The SMILES string of the molecule is CCC1C=C2CC(O)CC[C@]2(C)[C@@H]2CC[C@]3(C)C(O)CC[C@H]3[C@H]12. The molecule has 4 aliphatic rings. The second kappa shape index (κ2) is 5.33. The largest absolute Gasteiger partial charge is 0.393 e. The third kappa shape index (κ3) is 2.13. The molecule has 130 valence electrons. The summed E-state index contributed by atoms with van der Waals surface area (Å²) in [5, 5.41) is 20.8. The number of hydrogen-bond acceptors (Lipinski definition) is 2. The van der Waals surface area contributed by atoms with Crippen molar-refractivity contribution in [3.8, 4) is 0 Å². The topological polar surface area (TPSA) is 40.5 Å². The smallest absolute Gasteiger partial charge is 0.0596 e. The van der Waals surface area contributed by atoms with E-state index < -0.39 is 0 Å². The van der Waals surface area contributed by atoms with Crippen molar-refractivity contribution >= 4 is 0 Å². The quantitative estimate of drug-likeness (QED) is 0.707. The van der Waals surface area contributed by atoms with Crippen molar-refractivity contribution in [3.05, 3.63) is 11.6 Å². The zero-order chi connectivity index (χ0) is 16.4. The van der Waals surface area contributed by atoms with E-state index in [1.165, 1.54) is 25.7 Å². The number of hydrogen-bond donors (Lipinski definition) is 2. The van der Waals surface area contributed by atoms with E-state index >= 15 is 0 Å². The average Bonchev–Trinajstić information content (AvgIpc) is 2.83. The second-order valence-corrected chi connectivity index (χ2v) is 9.51. The average molecular weight is 319 g/mol. The maximum Gasteiger partial charge on any atom is 0.0596 e. The number of rotatable bonds is 1. The Morgan fingerprint density at radius 1 is 1.04 bits per heavy atom. The van der Waals surface area contributed by atoms with E-state index in [-0.39, 0.29) is 17.6 Å². The Morgan fingerprint density at radius 2 is 1.83 bits per heavy atom. The van der Waals surface area contributed by atoms with Crippen LogP contribution in [0.15, 0.2) is 11.6 Å². The van der Waals surface area contributed by atoms with Crippen LogP contribution in [0.2, 0.25) is 0 Å². The summed E-state index contributed by atoms with van der Waals surface area (Å²) >= 11 is 0. The third-order valence-electron chi connectivity index (χ3n) is 8.67. The summed E-state index contributed by atoms with van der Waals surface area (Å²) in [6, 6.07) is 0. The van der Waals surface area contributed by atoms with E-state index in [4.69, 9.17) is 0 Å². The summed E-state index contributed by atoms with van der Waals surface area (Å²) < 4.78 is 0. The van der Waals surface area contributed by atoms with Gasteiger partial charge in [-0.3, -0.25) is 0 Å². The van der Waals surface area contributed by atoms with Gasteiger partial charge >= 0.3 is 0 Å². The van der Waals surface area contributed by atoms with Crippen LogP contribution >= 0.6 is 0 Å². The molecule has 3 saturated carbocycles. The van der Waals surface area contributed by atoms with Crippen LogP contribution in [0.4, 0.5) is 0 Å². The van der Waals surface area contributed by atoms with Gasteiger partial charge < -0.3 is 10.2 Å². The molecular weight excluding hydrogens is 284 g/mol. The summed E-state index contributed by atoms with van der Waals surface area (Å²) in [5.41, 5.74) is 2.03. The molecule has 2 heteroatoms. The number of aliphatic hydroxyl groups is 2. The predicted octanol–water partition coefficient (Wildman–Crippen LogP) is 4.31. The van der Waals surface area contributed by atoms with Crippen LogP contribution in [0.1, 0.15) is 72.1 Å². The Kier molecular flexibility index (Phi) is 3.74. The molecule has 0 aromatic heterocycles. The van der Waals surface area contributed by atoms with Crippen LogP contribution in [-0.2, 0) is 0 Å². The molecule has 0 aliphatic heterocycles. The van der Waals surface area contributed by atoms with Gasteiger partial charge in [-0.2, -0.15) is 0 Å². The molecule has 0 amide bonds. The summed E-state index contributed by atoms with van der Waals surface area (Å²) in [6.45, 7) is 7.19. The van der Waals surface area contributed by atoms with Crippen LogP contribution in [0.5, 0.6) is 0 Å². The van der Waals surface area contributed by atoms with E-state index in [1.54, 1.807) is 5.57 Å². The third-order valence-corrected chi connectivity index (χ3v) is 8.67. The van der Waals surface area contributed by atoms with Gasteiger partial charge in [-0.15, -0.1) is 0 Å². The minimum Gasteiger partial charge on any atom is -0.393 e. The molecule has 8 atom stereocenters. The van der Waals surface area contributed by atoms with Gasteiger partial charge in [0.05, 0.1) is 12.2 Å². The van der Waals surface area contributed by atoms with Crippen molar-refractivity contribution in [1.29, 1.82) is 0 Å². The van der Waals surface area contributed by atoms with E-state index in [2.05, 4.69) is 26.8 Å². The Bertz CT molecular complexity index is 512.